The van der Waals surface area contributed by atoms with Crippen molar-refractivity contribution in [3.8, 4) is 0 Å². The average Bonchev–Trinajstić information content (AvgIpc) is 2.37. The maximum Gasteiger partial charge on any atom is 0.315 e. The summed E-state index contributed by atoms with van der Waals surface area (Å²) in [7, 11) is 0. The third-order valence-electron chi connectivity index (χ3n) is 4.28. The molecule has 6 heteroatoms. The number of anilines is 1. The van der Waals surface area contributed by atoms with Gasteiger partial charge in [0.15, 0.2) is 0 Å². The summed E-state index contributed by atoms with van der Waals surface area (Å²) in [6, 6.07) is 3.54. The molecule has 126 valence electrons. The molecule has 1 saturated heterocycles. The number of nitrogens with one attached hydrogen (secondary N) is 1. The molecule has 0 atom stereocenters. The third kappa shape index (κ3) is 3.69. The zero-order valence-electron chi connectivity index (χ0n) is 14.5. The predicted molar refractivity (Wildman–Crippen MR) is 89.8 cm³/mol. The minimum Gasteiger partial charge on any atom is -0.328 e. The number of nitrogens with two attached hydrogens (primary N) is 1. The molecule has 2 amide bonds. The minimum absolute atomic E-state index is 0.0193. The van der Waals surface area contributed by atoms with Gasteiger partial charge in [0.25, 0.3) is 0 Å². The Labute approximate surface area is 137 Å². The van der Waals surface area contributed by atoms with Gasteiger partial charge in [-0.2, -0.15) is 0 Å². The quantitative estimate of drug-likeness (QED) is 0.773. The van der Waals surface area contributed by atoms with Crippen LogP contribution in [-0.2, 0) is 9.59 Å². The Hall–Kier alpha value is -1.95. The smallest absolute Gasteiger partial charge is 0.315 e. The highest BCUT2D eigenvalue weighted by Crippen LogP contribution is 2.37. The summed E-state index contributed by atoms with van der Waals surface area (Å²) in [5.41, 5.74) is 6.15. The molecule has 0 aromatic carbocycles. The first-order chi connectivity index (χ1) is 10.5. The SMILES string of the molecule is Cc1ccc(NC(=O)C(=O)N2C(C)(C)CC(N)CC2(C)C)nc1. The summed E-state index contributed by atoms with van der Waals surface area (Å²) in [6.45, 7) is 9.70. The van der Waals surface area contributed by atoms with Crippen molar-refractivity contribution in [2.24, 2.45) is 5.73 Å². The molecule has 1 aromatic rings. The number of carbonyl (C=O) groups excluding carboxylic acids is 2. The predicted octanol–water partition coefficient (Wildman–Crippen LogP) is 1.84. The normalized spacial score (nSPS) is 20.2. The Morgan fingerprint density at radius 2 is 1.78 bits per heavy atom. The van der Waals surface area contributed by atoms with Gasteiger partial charge in [0.2, 0.25) is 0 Å². The fraction of sp³-hybridized carbons (Fsp3) is 0.588. The van der Waals surface area contributed by atoms with E-state index >= 15 is 0 Å². The largest absolute Gasteiger partial charge is 0.328 e. The number of hydrogen-bond acceptors (Lipinski definition) is 4. The molecule has 1 aliphatic rings. The first kappa shape index (κ1) is 17.4. The topological polar surface area (TPSA) is 88.3 Å². The molecule has 2 rings (SSSR count). The highest BCUT2D eigenvalue weighted by Gasteiger charge is 2.48. The van der Waals surface area contributed by atoms with Gasteiger partial charge in [-0.1, -0.05) is 6.07 Å². The van der Waals surface area contributed by atoms with Crippen LogP contribution in [0.15, 0.2) is 18.3 Å². The van der Waals surface area contributed by atoms with Gasteiger partial charge in [-0.05, 0) is 59.1 Å². The number of nitrogens with zero attached hydrogens (tertiary/aromatic N) is 2. The van der Waals surface area contributed by atoms with Crippen LogP contribution in [0, 0.1) is 6.92 Å². The van der Waals surface area contributed by atoms with Gasteiger partial charge < -0.3 is 16.0 Å². The van der Waals surface area contributed by atoms with E-state index in [0.717, 1.165) is 5.56 Å². The molecule has 0 bridgehead atoms. The minimum atomic E-state index is -0.669. The second-order valence-corrected chi connectivity index (χ2v) is 7.61. The van der Waals surface area contributed by atoms with Crippen LogP contribution in [0.25, 0.3) is 0 Å². The van der Waals surface area contributed by atoms with Crippen molar-refractivity contribution in [2.45, 2.75) is 64.6 Å². The standard InChI is InChI=1S/C17H26N4O2/c1-11-6-7-13(19-10-11)20-14(22)15(23)21-16(2,3)8-12(18)9-17(21,4)5/h6-7,10,12H,8-9,18H2,1-5H3,(H,19,20,22). The molecule has 2 heterocycles. The van der Waals surface area contributed by atoms with Crippen LogP contribution in [0.5, 0.6) is 0 Å². The molecule has 3 N–H and O–H groups in total. The first-order valence-electron chi connectivity index (χ1n) is 7.87. The molecule has 0 aliphatic carbocycles. The third-order valence-corrected chi connectivity index (χ3v) is 4.28. The van der Waals surface area contributed by atoms with Crippen molar-refractivity contribution >= 4 is 17.6 Å². The van der Waals surface area contributed by atoms with Crippen molar-refractivity contribution in [3.05, 3.63) is 23.9 Å². The number of likely N-dealkylation sites (tertiary alicyclic amines) is 1. The van der Waals surface area contributed by atoms with Gasteiger partial charge in [0.05, 0.1) is 0 Å². The Morgan fingerprint density at radius 3 is 2.26 bits per heavy atom. The van der Waals surface area contributed by atoms with Crippen LogP contribution in [0.2, 0.25) is 0 Å². The highest BCUT2D eigenvalue weighted by atomic mass is 16.2. The summed E-state index contributed by atoms with van der Waals surface area (Å²) in [4.78, 5) is 30.9. The number of aromatic nitrogens is 1. The van der Waals surface area contributed by atoms with Crippen LogP contribution in [0.4, 0.5) is 5.82 Å². The fourth-order valence-corrected chi connectivity index (χ4v) is 3.72. The lowest BCUT2D eigenvalue weighted by Crippen LogP contribution is -2.66. The van der Waals surface area contributed by atoms with Gasteiger partial charge in [0, 0.05) is 23.3 Å². The van der Waals surface area contributed by atoms with E-state index in [1.165, 1.54) is 0 Å². The van der Waals surface area contributed by atoms with Crippen molar-refractivity contribution in [1.29, 1.82) is 0 Å². The van der Waals surface area contributed by atoms with E-state index < -0.39 is 22.9 Å². The molecule has 1 fully saturated rings. The first-order valence-corrected chi connectivity index (χ1v) is 7.87. The Bertz CT molecular complexity index is 590. The zero-order chi connectivity index (χ0) is 17.4. The van der Waals surface area contributed by atoms with E-state index in [0.29, 0.717) is 18.7 Å². The van der Waals surface area contributed by atoms with Crippen molar-refractivity contribution in [2.75, 3.05) is 5.32 Å². The number of hydrogen-bond donors (Lipinski definition) is 2. The molecule has 0 unspecified atom stereocenters. The molecular formula is C17H26N4O2. The van der Waals surface area contributed by atoms with Gasteiger partial charge >= 0.3 is 11.8 Å². The lowest BCUT2D eigenvalue weighted by atomic mass is 9.77. The fourth-order valence-electron chi connectivity index (χ4n) is 3.72. The maximum absolute atomic E-state index is 12.8. The second kappa shape index (κ2) is 5.92. The van der Waals surface area contributed by atoms with Crippen LogP contribution in [-0.4, -0.2) is 38.8 Å². The van der Waals surface area contributed by atoms with Gasteiger partial charge in [-0.25, -0.2) is 4.98 Å². The van der Waals surface area contributed by atoms with E-state index in [1.54, 1.807) is 17.2 Å². The van der Waals surface area contributed by atoms with E-state index in [4.69, 9.17) is 5.73 Å². The molecule has 1 aromatic heterocycles. The van der Waals surface area contributed by atoms with Gasteiger partial charge in [0.1, 0.15) is 5.82 Å². The summed E-state index contributed by atoms with van der Waals surface area (Å²) >= 11 is 0. The number of pyridine rings is 1. The number of aryl methyl sites for hydroxylation is 1. The number of piperidine rings is 1. The van der Waals surface area contributed by atoms with Gasteiger partial charge in [-0.3, -0.25) is 9.59 Å². The molecule has 6 nitrogen and oxygen atoms in total. The number of amides is 2. The maximum atomic E-state index is 12.8. The number of rotatable bonds is 1. The highest BCUT2D eigenvalue weighted by molar-refractivity contribution is 6.39. The van der Waals surface area contributed by atoms with Crippen LogP contribution < -0.4 is 11.1 Å². The molecular weight excluding hydrogens is 292 g/mol. The zero-order valence-corrected chi connectivity index (χ0v) is 14.5. The monoisotopic (exact) mass is 318 g/mol. The summed E-state index contributed by atoms with van der Waals surface area (Å²) in [5.74, 6) is -0.842. The Morgan fingerprint density at radius 1 is 1.22 bits per heavy atom. The lowest BCUT2D eigenvalue weighted by Gasteiger charge is -2.54. The van der Waals surface area contributed by atoms with Crippen molar-refractivity contribution in [1.82, 2.24) is 9.88 Å². The summed E-state index contributed by atoms with van der Waals surface area (Å²) in [5, 5.41) is 2.58. The van der Waals surface area contributed by atoms with E-state index in [1.807, 2.05) is 40.7 Å². The average molecular weight is 318 g/mol. The van der Waals surface area contributed by atoms with Gasteiger partial charge in [-0.15, -0.1) is 0 Å². The molecule has 1 aliphatic heterocycles. The second-order valence-electron chi connectivity index (χ2n) is 7.61. The molecule has 23 heavy (non-hydrogen) atoms. The van der Waals surface area contributed by atoms with Crippen LogP contribution in [0.1, 0.15) is 46.1 Å². The summed E-state index contributed by atoms with van der Waals surface area (Å²) < 4.78 is 0. The molecule has 0 radical (unpaired) electrons. The molecule has 0 saturated carbocycles. The van der Waals surface area contributed by atoms with E-state index in [2.05, 4.69) is 10.3 Å². The summed E-state index contributed by atoms with van der Waals surface area (Å²) in [6.07, 6.45) is 2.98. The van der Waals surface area contributed by atoms with Crippen molar-refractivity contribution in [3.63, 3.8) is 0 Å². The van der Waals surface area contributed by atoms with Crippen LogP contribution in [0.3, 0.4) is 0 Å². The molecule has 0 spiro atoms. The lowest BCUT2D eigenvalue weighted by molar-refractivity contribution is -0.156. The van der Waals surface area contributed by atoms with Crippen LogP contribution >= 0.6 is 0 Å². The van der Waals surface area contributed by atoms with Crippen molar-refractivity contribution < 1.29 is 9.59 Å². The van der Waals surface area contributed by atoms with E-state index in [9.17, 15) is 9.59 Å². The Balaban J connectivity index is 2.20. The number of carbonyl (C=O) groups is 2. The van der Waals surface area contributed by atoms with E-state index in [-0.39, 0.29) is 6.04 Å². The Kier molecular flexibility index (Phi) is 4.48.